The highest BCUT2D eigenvalue weighted by molar-refractivity contribution is 8.36. The zero-order valence-corrected chi connectivity index (χ0v) is 57.9. The predicted molar refractivity (Wildman–Crippen MR) is 441 cm³/mol. The molecule has 8 heteroatoms. The Bertz CT molecular complexity index is 9170. The van der Waals surface area contributed by atoms with Gasteiger partial charge in [-0.25, -0.2) is 0 Å². The molecular formula is C94H37NO3S4. The van der Waals surface area contributed by atoms with Gasteiger partial charge in [-0.2, -0.15) is 0 Å². The molecule has 0 aromatic heterocycles. The lowest BCUT2D eigenvalue weighted by Gasteiger charge is -2.51. The Labute approximate surface area is 586 Å². The van der Waals surface area contributed by atoms with Gasteiger partial charge < -0.3 is 14.2 Å². The standard InChI is InChI=1S/C94H37NO3S4/c1-22-23(2)100-91(99-22)31-25-9-5-7-11-27(25)32(28-12-8-6-10-26(28)31)92-101-24(3)29(102-92)13-14-30-94-89-83-77-67-55-47-39-35-33-34-37-41(39)49(55)59-53-45(37)46-38(34)42-40-36(33)44-43(35)51-57(47)65-71-61(51)62-52(44)58-48(40)56-50(42)60-54(46)64-63(53)75(69(59)77)85(89)86-76(64)70(60)78-68(56)74-66(58)72(62)80-79(71)87(81(83)73(65)67)93(94,88(80)82(74)84(78)90(86)94)21-95(30)15-16-97-19-20-98-18-17-96-4/h5-14,30H,15-21H2,1-4H3/b14-13+. The van der Waals surface area contributed by atoms with Crippen molar-refractivity contribution in [1.82, 2.24) is 4.90 Å². The van der Waals surface area contributed by atoms with Crippen LogP contribution in [0.4, 0.5) is 0 Å². The summed E-state index contributed by atoms with van der Waals surface area (Å²) >= 11 is 7.99. The van der Waals surface area contributed by atoms with Gasteiger partial charge in [-0.05, 0) is 371 Å². The van der Waals surface area contributed by atoms with Crippen molar-refractivity contribution >= 4 is 368 Å². The number of methoxy groups -OCH3 is 1. The van der Waals surface area contributed by atoms with Crippen LogP contribution in [-0.4, -0.2) is 64.2 Å². The van der Waals surface area contributed by atoms with Crippen LogP contribution in [-0.2, 0) is 25.0 Å². The first-order chi connectivity index (χ1) is 50.5. The third-order valence-corrected chi connectivity index (χ3v) is 37.0. The van der Waals surface area contributed by atoms with Gasteiger partial charge in [0.2, 0.25) is 0 Å². The topological polar surface area (TPSA) is 30.9 Å². The Kier molecular flexibility index (Phi) is 5.94. The first-order valence-corrected chi connectivity index (χ1v) is 40.4. The van der Waals surface area contributed by atoms with Gasteiger partial charge in [0.05, 0.1) is 52.3 Å². The Balaban J connectivity index is 0.743. The summed E-state index contributed by atoms with van der Waals surface area (Å²) in [7, 11) is 1.76. The Morgan fingerprint density at radius 3 is 0.912 bits per heavy atom. The summed E-state index contributed by atoms with van der Waals surface area (Å²) in [5.74, 6) is 0. The number of thioether (sulfide) groups is 4. The van der Waals surface area contributed by atoms with Crippen LogP contribution in [0.2, 0.25) is 0 Å². The van der Waals surface area contributed by atoms with Crippen molar-refractivity contribution < 1.29 is 14.2 Å². The molecule has 3 aliphatic heterocycles. The molecule has 31 aromatic rings. The van der Waals surface area contributed by atoms with Crippen molar-refractivity contribution in [2.24, 2.45) is 0 Å². The van der Waals surface area contributed by atoms with Gasteiger partial charge in [0.15, 0.2) is 0 Å². The Hall–Kier alpha value is -9.16. The van der Waals surface area contributed by atoms with Gasteiger partial charge >= 0.3 is 0 Å². The number of likely N-dealkylation sites (tertiary alicyclic amines) is 1. The second-order valence-corrected chi connectivity index (χ2v) is 39.1. The van der Waals surface area contributed by atoms with Crippen LogP contribution >= 0.6 is 47.0 Å². The van der Waals surface area contributed by atoms with Crippen LogP contribution in [0.3, 0.4) is 0 Å². The van der Waals surface area contributed by atoms with Gasteiger partial charge in [0, 0.05) is 46.5 Å². The molecule has 102 heavy (non-hydrogen) atoms. The van der Waals surface area contributed by atoms with Crippen LogP contribution < -0.4 is 10.4 Å². The fourth-order valence-electron chi connectivity index (χ4n) is 30.0. The summed E-state index contributed by atoms with van der Waals surface area (Å²) in [5, 5.41) is 97.1. The summed E-state index contributed by atoms with van der Waals surface area (Å²) in [6.45, 7) is 11.7. The molecule has 0 bridgehead atoms. The fraction of sp³-hybridized carbons (Fsp3) is 0.149. The first-order valence-electron chi connectivity index (χ1n) is 37.1. The highest BCUT2D eigenvalue weighted by atomic mass is 32.2. The molecule has 1 saturated heterocycles. The van der Waals surface area contributed by atoms with Gasteiger partial charge in [0.1, 0.15) is 0 Å². The monoisotopic (exact) mass is 1360 g/mol. The average Bonchev–Trinajstić information content (AvgIpc) is 1.38. The van der Waals surface area contributed by atoms with Crippen molar-refractivity contribution in [2.45, 2.75) is 37.6 Å². The summed E-state index contributed by atoms with van der Waals surface area (Å²) < 4.78 is 21.3. The molecule has 0 N–H and O–H groups in total. The van der Waals surface area contributed by atoms with E-state index in [1.165, 1.54) is 60.1 Å². The third-order valence-electron chi connectivity index (χ3n) is 31.7. The molecule has 1 unspecified atom stereocenters. The fourth-order valence-corrected chi connectivity index (χ4v) is 35.3. The number of hydrogen-bond acceptors (Lipinski definition) is 8. The van der Waals surface area contributed by atoms with Crippen LogP contribution in [0.15, 0.2) is 80.3 Å². The smallest absolute Gasteiger partial charge is 0.0701 e. The lowest BCUT2D eigenvalue weighted by atomic mass is 9.48. The molecule has 0 radical (unpaired) electrons. The number of fused-ring (bicyclic) bond motifs is 2. The van der Waals surface area contributed by atoms with Crippen LogP contribution in [0.1, 0.15) is 43.0 Å². The van der Waals surface area contributed by atoms with E-state index in [4.69, 9.17) is 14.2 Å². The van der Waals surface area contributed by atoms with E-state index in [-0.39, 0.29) is 6.04 Å². The van der Waals surface area contributed by atoms with E-state index < -0.39 is 10.8 Å². The van der Waals surface area contributed by atoms with Crippen molar-refractivity contribution in [3.63, 3.8) is 0 Å². The normalized spacial score (nSPS) is 22.1. The summed E-state index contributed by atoms with van der Waals surface area (Å²) in [6, 6.07) is 18.7. The molecule has 1 fully saturated rings. The largest absolute Gasteiger partial charge is 0.382 e. The van der Waals surface area contributed by atoms with Crippen molar-refractivity contribution in [2.75, 3.05) is 53.2 Å². The number of benzene rings is 21. The minimum atomic E-state index is -0.475. The predicted octanol–water partition coefficient (Wildman–Crippen LogP) is 23.8. The molecular weight excluding hydrogens is 1320 g/mol. The second kappa shape index (κ2) is 12.9. The van der Waals surface area contributed by atoms with E-state index in [9.17, 15) is 0 Å². The molecule has 3 heterocycles. The van der Waals surface area contributed by atoms with Gasteiger partial charge in [-0.15, -0.1) is 0 Å². The Morgan fingerprint density at radius 2 is 0.598 bits per heavy atom. The molecule has 31 aromatic carbocycles. The summed E-state index contributed by atoms with van der Waals surface area (Å²) in [4.78, 5) is 8.66. The van der Waals surface area contributed by atoms with E-state index in [0.29, 0.717) is 33.0 Å². The molecule has 460 valence electrons. The highest BCUT2D eigenvalue weighted by Crippen LogP contribution is 2.86. The zero-order chi connectivity index (χ0) is 63.5. The number of nitrogens with zero attached hydrogens (tertiary/aromatic N) is 1. The Morgan fingerprint density at radius 1 is 0.333 bits per heavy atom. The van der Waals surface area contributed by atoms with Crippen LogP contribution in [0, 0.1) is 0 Å². The van der Waals surface area contributed by atoms with Gasteiger partial charge in [-0.3, -0.25) is 4.90 Å². The third kappa shape index (κ3) is 3.41. The van der Waals surface area contributed by atoms with E-state index in [1.807, 2.05) is 47.0 Å². The lowest BCUT2D eigenvalue weighted by Crippen LogP contribution is -2.54. The molecule has 38 rings (SSSR count). The number of rotatable bonds is 11. The van der Waals surface area contributed by atoms with E-state index >= 15 is 0 Å². The maximum atomic E-state index is 6.96. The summed E-state index contributed by atoms with van der Waals surface area (Å²) in [5.41, 5.74) is 6.04. The molecule has 0 saturated carbocycles. The maximum Gasteiger partial charge on any atom is 0.0701 e. The van der Waals surface area contributed by atoms with E-state index in [0.717, 1.165) is 13.1 Å². The summed E-state index contributed by atoms with van der Waals surface area (Å²) in [6.07, 6.45) is 5.57. The average molecular weight is 1360 g/mol. The first kappa shape index (κ1) is 47.2. The number of hydrogen-bond donors (Lipinski definition) is 0. The minimum Gasteiger partial charge on any atom is -0.382 e. The second-order valence-electron chi connectivity index (χ2n) is 33.8. The number of ether oxygens (including phenoxy) is 3. The van der Waals surface area contributed by atoms with Gasteiger partial charge in [-0.1, -0.05) is 102 Å². The molecule has 0 amide bonds. The maximum absolute atomic E-state index is 6.96. The lowest BCUT2D eigenvalue weighted by molar-refractivity contribution is 0.0192. The highest BCUT2D eigenvalue weighted by Gasteiger charge is 2.75. The van der Waals surface area contributed by atoms with E-state index in [1.54, 1.807) is 320 Å². The molecule has 4 nitrogen and oxygen atoms in total. The van der Waals surface area contributed by atoms with Crippen molar-refractivity contribution in [3.05, 3.63) is 113 Å². The molecule has 1 atom stereocenters. The van der Waals surface area contributed by atoms with Crippen molar-refractivity contribution in [3.8, 4) is 0 Å². The molecule has 7 aliphatic rings. The minimum absolute atomic E-state index is 0.00958. The van der Waals surface area contributed by atoms with Gasteiger partial charge in [0.25, 0.3) is 0 Å². The van der Waals surface area contributed by atoms with Crippen LogP contribution in [0.25, 0.3) is 321 Å². The van der Waals surface area contributed by atoms with E-state index in [2.05, 4.69) is 86.4 Å². The zero-order valence-electron chi connectivity index (χ0n) is 54.6. The molecule has 2 spiro atoms. The SMILES string of the molecule is COCCOCCOCCN1CC23c4c5c6c7c8c9c(c%10c%11c2c2c4c4c%12c5c5c6c6c8c8c%13c9c9c%10c%10c%11c%11c2c2c4c4c%12c%12c5c5c6c8c6c8c%13c9c9c%10c%10c%11c2c2c4c4c%12c5c6c5c8c9c%10c2c45)C73C1/C=C/C1=C(C)SC(=c2c3ccccc3c(=C3SC(C)=C(C)S3)c3ccccc23)S1. The quantitative estimate of drug-likeness (QED) is 0.0719. The molecule has 4 aliphatic carbocycles. The number of allylic oxidation sites excluding steroid dienone is 4. The van der Waals surface area contributed by atoms with Crippen LogP contribution in [0.5, 0.6) is 0 Å². The van der Waals surface area contributed by atoms with Crippen molar-refractivity contribution in [1.29, 1.82) is 0 Å².